The number of nitrogens with two attached hydrogens (primary N) is 1. The normalized spacial score (nSPS) is 11.2. The van der Waals surface area contributed by atoms with Crippen molar-refractivity contribution in [3.8, 4) is 0 Å². The third-order valence-electron chi connectivity index (χ3n) is 2.59. The van der Waals surface area contributed by atoms with E-state index < -0.39 is 0 Å². The number of rotatable bonds is 5. The summed E-state index contributed by atoms with van der Waals surface area (Å²) in [6.45, 7) is 5.40. The molecule has 0 saturated carbocycles. The van der Waals surface area contributed by atoms with Crippen molar-refractivity contribution in [3.63, 3.8) is 0 Å². The topological polar surface area (TPSA) is 63.8 Å². The van der Waals surface area contributed by atoms with E-state index in [1.807, 2.05) is 11.4 Å². The van der Waals surface area contributed by atoms with Crippen LogP contribution in [0.25, 0.3) is 10.2 Å². The quantitative estimate of drug-likeness (QED) is 0.800. The van der Waals surface area contributed by atoms with Gasteiger partial charge in [-0.05, 0) is 30.2 Å². The molecular formula is C12H18N4S. The van der Waals surface area contributed by atoms with Crippen LogP contribution in [0.4, 0.5) is 11.8 Å². The number of aromatic nitrogens is 2. The van der Waals surface area contributed by atoms with Crippen molar-refractivity contribution >= 4 is 33.3 Å². The molecule has 0 atom stereocenters. The van der Waals surface area contributed by atoms with E-state index in [-0.39, 0.29) is 0 Å². The van der Waals surface area contributed by atoms with Crippen molar-refractivity contribution in [2.75, 3.05) is 17.6 Å². The first-order valence-corrected chi connectivity index (χ1v) is 6.79. The summed E-state index contributed by atoms with van der Waals surface area (Å²) in [5.41, 5.74) is 5.68. The van der Waals surface area contributed by atoms with E-state index in [2.05, 4.69) is 29.1 Å². The zero-order chi connectivity index (χ0) is 12.3. The lowest BCUT2D eigenvalue weighted by atomic mass is 10.1. The highest BCUT2D eigenvalue weighted by Crippen LogP contribution is 2.25. The molecule has 0 radical (unpaired) electrons. The van der Waals surface area contributed by atoms with Crippen LogP contribution < -0.4 is 11.1 Å². The number of thiophene rings is 1. The molecule has 0 aromatic carbocycles. The number of hydrogen-bond donors (Lipinski definition) is 2. The highest BCUT2D eigenvalue weighted by atomic mass is 32.1. The summed E-state index contributed by atoms with van der Waals surface area (Å²) in [4.78, 5) is 9.40. The van der Waals surface area contributed by atoms with Crippen LogP contribution in [0.15, 0.2) is 11.4 Å². The molecule has 0 bridgehead atoms. The Morgan fingerprint density at radius 2 is 2.24 bits per heavy atom. The molecule has 0 fully saturated rings. The molecule has 0 aliphatic carbocycles. The van der Waals surface area contributed by atoms with Gasteiger partial charge in [0, 0.05) is 6.54 Å². The maximum atomic E-state index is 5.68. The van der Waals surface area contributed by atoms with E-state index in [9.17, 15) is 0 Å². The van der Waals surface area contributed by atoms with E-state index in [0.717, 1.165) is 34.9 Å². The molecule has 2 aromatic heterocycles. The van der Waals surface area contributed by atoms with Crippen LogP contribution in [-0.4, -0.2) is 16.5 Å². The first kappa shape index (κ1) is 12.1. The van der Waals surface area contributed by atoms with E-state index in [4.69, 9.17) is 5.73 Å². The molecule has 2 rings (SSSR count). The zero-order valence-electron chi connectivity index (χ0n) is 10.2. The number of nitrogens with zero attached hydrogens (tertiary/aromatic N) is 2. The van der Waals surface area contributed by atoms with Crippen molar-refractivity contribution in [1.82, 2.24) is 9.97 Å². The fraction of sp³-hybridized carbons (Fsp3) is 0.500. The predicted molar refractivity (Wildman–Crippen MR) is 74.4 cm³/mol. The molecule has 5 heteroatoms. The molecule has 2 aromatic rings. The molecular weight excluding hydrogens is 232 g/mol. The van der Waals surface area contributed by atoms with Gasteiger partial charge in [-0.1, -0.05) is 13.8 Å². The van der Waals surface area contributed by atoms with Gasteiger partial charge in [0.15, 0.2) is 0 Å². The number of anilines is 2. The van der Waals surface area contributed by atoms with Gasteiger partial charge in [-0.15, -0.1) is 11.3 Å². The minimum atomic E-state index is 0.339. The lowest BCUT2D eigenvalue weighted by Gasteiger charge is -2.08. The average Bonchev–Trinajstić information content (AvgIpc) is 2.71. The molecule has 0 aliphatic heterocycles. The molecule has 0 amide bonds. The Balaban J connectivity index is 2.04. The number of nitrogen functional groups attached to an aromatic ring is 1. The van der Waals surface area contributed by atoms with Gasteiger partial charge in [-0.3, -0.25) is 0 Å². The molecule has 4 nitrogen and oxygen atoms in total. The van der Waals surface area contributed by atoms with Crippen LogP contribution in [0.5, 0.6) is 0 Å². The van der Waals surface area contributed by atoms with Crippen LogP contribution in [0.1, 0.15) is 26.7 Å². The molecule has 2 heterocycles. The molecule has 0 unspecified atom stereocenters. The van der Waals surface area contributed by atoms with E-state index >= 15 is 0 Å². The Labute approximate surface area is 105 Å². The van der Waals surface area contributed by atoms with Gasteiger partial charge in [-0.25, -0.2) is 4.98 Å². The number of nitrogens with one attached hydrogen (secondary N) is 1. The number of fused-ring (bicyclic) bond motifs is 1. The van der Waals surface area contributed by atoms with Gasteiger partial charge in [0.2, 0.25) is 5.95 Å². The van der Waals surface area contributed by atoms with Crippen LogP contribution in [0, 0.1) is 5.92 Å². The second-order valence-corrected chi connectivity index (χ2v) is 5.43. The second kappa shape index (κ2) is 5.31. The van der Waals surface area contributed by atoms with Gasteiger partial charge >= 0.3 is 0 Å². The monoisotopic (exact) mass is 250 g/mol. The summed E-state index contributed by atoms with van der Waals surface area (Å²) in [5.74, 6) is 1.94. The molecule has 17 heavy (non-hydrogen) atoms. The van der Waals surface area contributed by atoms with Gasteiger partial charge in [0.25, 0.3) is 0 Å². The summed E-state index contributed by atoms with van der Waals surface area (Å²) in [6, 6.07) is 2.03. The Bertz CT molecular complexity index is 492. The lowest BCUT2D eigenvalue weighted by Crippen LogP contribution is -2.06. The van der Waals surface area contributed by atoms with Crippen LogP contribution >= 0.6 is 11.3 Å². The molecule has 0 spiro atoms. The van der Waals surface area contributed by atoms with Gasteiger partial charge in [0.1, 0.15) is 10.6 Å². The van der Waals surface area contributed by atoms with Crippen LogP contribution in [-0.2, 0) is 0 Å². The second-order valence-electron chi connectivity index (χ2n) is 4.53. The summed E-state index contributed by atoms with van der Waals surface area (Å²) in [7, 11) is 0. The Morgan fingerprint density at radius 3 is 3.00 bits per heavy atom. The van der Waals surface area contributed by atoms with Crippen molar-refractivity contribution < 1.29 is 0 Å². The SMILES string of the molecule is CC(C)CCCNc1nc(N)nc2sccc12. The Hall–Kier alpha value is -1.36. The summed E-state index contributed by atoms with van der Waals surface area (Å²) in [5, 5.41) is 6.42. The first-order chi connectivity index (χ1) is 8.16. The van der Waals surface area contributed by atoms with Gasteiger partial charge < -0.3 is 11.1 Å². The first-order valence-electron chi connectivity index (χ1n) is 5.91. The Morgan fingerprint density at radius 1 is 1.41 bits per heavy atom. The van der Waals surface area contributed by atoms with E-state index in [1.54, 1.807) is 11.3 Å². The Kier molecular flexibility index (Phi) is 3.78. The minimum absolute atomic E-state index is 0.339. The highest BCUT2D eigenvalue weighted by Gasteiger charge is 2.06. The third-order valence-corrected chi connectivity index (χ3v) is 3.40. The predicted octanol–water partition coefficient (Wildman–Crippen LogP) is 3.12. The average molecular weight is 250 g/mol. The molecule has 0 aliphatic rings. The van der Waals surface area contributed by atoms with Crippen LogP contribution in [0.3, 0.4) is 0 Å². The van der Waals surface area contributed by atoms with Crippen LogP contribution in [0.2, 0.25) is 0 Å². The van der Waals surface area contributed by atoms with Gasteiger partial charge in [-0.2, -0.15) is 4.98 Å². The largest absolute Gasteiger partial charge is 0.369 e. The maximum absolute atomic E-state index is 5.68. The molecule has 92 valence electrons. The zero-order valence-corrected chi connectivity index (χ0v) is 11.0. The summed E-state index contributed by atoms with van der Waals surface area (Å²) >= 11 is 1.59. The van der Waals surface area contributed by atoms with E-state index in [0.29, 0.717) is 5.95 Å². The maximum Gasteiger partial charge on any atom is 0.223 e. The molecule has 0 saturated heterocycles. The molecule has 3 N–H and O–H groups in total. The van der Waals surface area contributed by atoms with Crippen molar-refractivity contribution in [3.05, 3.63) is 11.4 Å². The van der Waals surface area contributed by atoms with E-state index in [1.165, 1.54) is 6.42 Å². The standard InChI is InChI=1S/C12H18N4S/c1-8(2)4-3-6-14-10-9-5-7-17-11(9)16-12(13)15-10/h5,7-8H,3-4,6H2,1-2H3,(H3,13,14,15,16). The number of hydrogen-bond acceptors (Lipinski definition) is 5. The van der Waals surface area contributed by atoms with Crippen molar-refractivity contribution in [2.24, 2.45) is 5.92 Å². The summed E-state index contributed by atoms with van der Waals surface area (Å²) < 4.78 is 0. The van der Waals surface area contributed by atoms with Crippen molar-refractivity contribution in [1.29, 1.82) is 0 Å². The summed E-state index contributed by atoms with van der Waals surface area (Å²) in [6.07, 6.45) is 2.37. The lowest BCUT2D eigenvalue weighted by molar-refractivity contribution is 0.567. The fourth-order valence-corrected chi connectivity index (χ4v) is 2.49. The van der Waals surface area contributed by atoms with Gasteiger partial charge in [0.05, 0.1) is 5.39 Å². The fourth-order valence-electron chi connectivity index (χ4n) is 1.72. The third kappa shape index (κ3) is 3.06. The highest BCUT2D eigenvalue weighted by molar-refractivity contribution is 7.16. The minimum Gasteiger partial charge on any atom is -0.369 e. The smallest absolute Gasteiger partial charge is 0.223 e. The van der Waals surface area contributed by atoms with Crippen molar-refractivity contribution in [2.45, 2.75) is 26.7 Å².